The Morgan fingerprint density at radius 2 is 1.96 bits per heavy atom. The zero-order valence-corrected chi connectivity index (χ0v) is 18.2. The minimum Gasteiger partial charge on any atom is -0.479 e. The van der Waals surface area contributed by atoms with Crippen molar-refractivity contribution >= 4 is 27.7 Å². The molecule has 4 rings (SSSR count). The number of hydrogen-bond donors (Lipinski definition) is 0. The van der Waals surface area contributed by atoms with E-state index in [-0.39, 0.29) is 11.5 Å². The van der Waals surface area contributed by atoms with Gasteiger partial charge in [0.2, 0.25) is 0 Å². The minimum atomic E-state index is 0.0909. The molecule has 2 heterocycles. The largest absolute Gasteiger partial charge is 0.479 e. The first-order valence-electron chi connectivity index (χ1n) is 10.0. The van der Waals surface area contributed by atoms with Crippen LogP contribution in [0.5, 0.6) is 5.75 Å². The number of rotatable bonds is 6. The summed E-state index contributed by atoms with van der Waals surface area (Å²) < 4.78 is 14.0. The Labute approximate surface area is 175 Å². The minimum absolute atomic E-state index is 0.0909. The van der Waals surface area contributed by atoms with Gasteiger partial charge < -0.3 is 9.47 Å². The second-order valence-electron chi connectivity index (χ2n) is 7.61. The summed E-state index contributed by atoms with van der Waals surface area (Å²) in [4.78, 5) is 1.26. The van der Waals surface area contributed by atoms with Crippen LogP contribution in [0.15, 0.2) is 57.9 Å². The third kappa shape index (κ3) is 4.55. The SMILES string of the molecule is CCCCCC1COC2c3ccc(Br)cc3OC(Sc3ccccc3)C2C1. The van der Waals surface area contributed by atoms with E-state index in [9.17, 15) is 0 Å². The molecule has 4 atom stereocenters. The van der Waals surface area contributed by atoms with Crippen LogP contribution in [0.3, 0.4) is 0 Å². The Kier molecular flexibility index (Phi) is 6.46. The molecule has 4 unspecified atom stereocenters. The number of benzene rings is 2. The van der Waals surface area contributed by atoms with Crippen molar-refractivity contribution in [3.05, 3.63) is 58.6 Å². The standard InChI is InChI=1S/C23H27BrO2S/c1-2-3-5-8-16-13-20-22(25-15-16)19-12-11-17(24)14-21(19)26-23(20)27-18-9-6-4-7-10-18/h4,6-7,9-12,14,16,20,22-23H,2-3,5,8,13,15H2,1H3. The van der Waals surface area contributed by atoms with Gasteiger partial charge in [-0.3, -0.25) is 0 Å². The molecule has 4 heteroatoms. The summed E-state index contributed by atoms with van der Waals surface area (Å²) in [6, 6.07) is 16.9. The van der Waals surface area contributed by atoms with E-state index in [4.69, 9.17) is 9.47 Å². The van der Waals surface area contributed by atoms with E-state index in [2.05, 4.69) is 71.4 Å². The average Bonchev–Trinajstić information content (AvgIpc) is 2.69. The third-order valence-electron chi connectivity index (χ3n) is 5.59. The van der Waals surface area contributed by atoms with Crippen molar-refractivity contribution in [3.63, 3.8) is 0 Å². The van der Waals surface area contributed by atoms with E-state index >= 15 is 0 Å². The molecule has 2 nitrogen and oxygen atoms in total. The number of halogens is 1. The monoisotopic (exact) mass is 446 g/mol. The molecule has 0 N–H and O–H groups in total. The fourth-order valence-electron chi connectivity index (χ4n) is 4.20. The predicted molar refractivity (Wildman–Crippen MR) is 115 cm³/mol. The molecule has 0 aromatic heterocycles. The summed E-state index contributed by atoms with van der Waals surface area (Å²) in [6.45, 7) is 3.15. The maximum atomic E-state index is 6.51. The van der Waals surface area contributed by atoms with Crippen LogP contribution >= 0.6 is 27.7 Å². The molecule has 144 valence electrons. The Bertz CT molecular complexity index is 751. The van der Waals surface area contributed by atoms with Crippen LogP contribution in [0.25, 0.3) is 0 Å². The summed E-state index contributed by atoms with van der Waals surface area (Å²) in [5, 5.41) is 0. The maximum absolute atomic E-state index is 6.51. The molecule has 27 heavy (non-hydrogen) atoms. The van der Waals surface area contributed by atoms with E-state index in [1.165, 1.54) is 42.6 Å². The summed E-state index contributed by atoms with van der Waals surface area (Å²) >= 11 is 5.41. The molecule has 1 saturated heterocycles. The van der Waals surface area contributed by atoms with Crippen molar-refractivity contribution in [2.75, 3.05) is 6.61 Å². The highest BCUT2D eigenvalue weighted by molar-refractivity contribution is 9.10. The Hall–Kier alpha value is -0.970. The lowest BCUT2D eigenvalue weighted by Crippen LogP contribution is -2.40. The first-order valence-corrected chi connectivity index (χ1v) is 11.7. The molecule has 2 aromatic carbocycles. The normalized spacial score (nSPS) is 26.7. The summed E-state index contributed by atoms with van der Waals surface area (Å²) in [5.74, 6) is 2.00. The molecule has 2 aliphatic heterocycles. The average molecular weight is 447 g/mol. The van der Waals surface area contributed by atoms with E-state index < -0.39 is 0 Å². The van der Waals surface area contributed by atoms with Gasteiger partial charge in [-0.25, -0.2) is 0 Å². The molecule has 0 bridgehead atoms. The number of fused-ring (bicyclic) bond motifs is 3. The second-order valence-corrected chi connectivity index (χ2v) is 9.70. The first kappa shape index (κ1) is 19.4. The van der Waals surface area contributed by atoms with Crippen LogP contribution in [0.2, 0.25) is 0 Å². The zero-order valence-electron chi connectivity index (χ0n) is 15.8. The van der Waals surface area contributed by atoms with Gasteiger partial charge in [-0.2, -0.15) is 0 Å². The number of unbranched alkanes of at least 4 members (excludes halogenated alkanes) is 2. The fourth-order valence-corrected chi connectivity index (χ4v) is 5.70. The van der Waals surface area contributed by atoms with E-state index in [1.54, 1.807) is 0 Å². The van der Waals surface area contributed by atoms with Gasteiger partial charge in [-0.1, -0.05) is 78.1 Å². The molecule has 0 radical (unpaired) electrons. The van der Waals surface area contributed by atoms with Crippen molar-refractivity contribution in [2.24, 2.45) is 11.8 Å². The van der Waals surface area contributed by atoms with E-state index in [0.717, 1.165) is 16.8 Å². The number of ether oxygens (including phenoxy) is 2. The lowest BCUT2D eigenvalue weighted by Gasteiger charge is -2.44. The molecule has 0 amide bonds. The molecule has 1 fully saturated rings. The van der Waals surface area contributed by atoms with Crippen LogP contribution < -0.4 is 4.74 Å². The number of thioether (sulfide) groups is 1. The van der Waals surface area contributed by atoms with Gasteiger partial charge in [-0.05, 0) is 43.0 Å². The molecular formula is C23H27BrO2S. The molecular weight excluding hydrogens is 420 g/mol. The van der Waals surface area contributed by atoms with Crippen molar-refractivity contribution in [2.45, 2.75) is 55.5 Å². The lowest BCUT2D eigenvalue weighted by molar-refractivity contribution is -0.0904. The highest BCUT2D eigenvalue weighted by Gasteiger charge is 2.43. The van der Waals surface area contributed by atoms with Crippen LogP contribution in [-0.4, -0.2) is 12.0 Å². The summed E-state index contributed by atoms with van der Waals surface area (Å²) in [6.07, 6.45) is 6.51. The first-order chi connectivity index (χ1) is 13.2. The predicted octanol–water partition coefficient (Wildman–Crippen LogP) is 7.23. The highest BCUT2D eigenvalue weighted by atomic mass is 79.9. The quantitative estimate of drug-likeness (QED) is 0.435. The lowest BCUT2D eigenvalue weighted by atomic mass is 9.81. The van der Waals surface area contributed by atoms with Gasteiger partial charge in [-0.15, -0.1) is 0 Å². The topological polar surface area (TPSA) is 18.5 Å². The van der Waals surface area contributed by atoms with Crippen molar-refractivity contribution < 1.29 is 9.47 Å². The summed E-state index contributed by atoms with van der Waals surface area (Å²) in [7, 11) is 0. The van der Waals surface area contributed by atoms with E-state index in [1.807, 2.05) is 11.8 Å². The van der Waals surface area contributed by atoms with Gasteiger partial charge in [0, 0.05) is 20.8 Å². The molecule has 0 spiro atoms. The molecule has 2 aromatic rings. The molecule has 2 aliphatic rings. The van der Waals surface area contributed by atoms with Crippen LogP contribution in [0.1, 0.15) is 50.7 Å². The summed E-state index contributed by atoms with van der Waals surface area (Å²) in [5.41, 5.74) is 1.30. The third-order valence-corrected chi connectivity index (χ3v) is 7.31. The van der Waals surface area contributed by atoms with Gasteiger partial charge in [0.05, 0.1) is 12.7 Å². The molecule has 0 aliphatic carbocycles. The smallest absolute Gasteiger partial charge is 0.154 e. The van der Waals surface area contributed by atoms with E-state index in [0.29, 0.717) is 11.8 Å². The van der Waals surface area contributed by atoms with Gasteiger partial charge in [0.15, 0.2) is 5.44 Å². The van der Waals surface area contributed by atoms with Gasteiger partial charge >= 0.3 is 0 Å². The molecule has 0 saturated carbocycles. The van der Waals surface area contributed by atoms with Crippen LogP contribution in [0, 0.1) is 11.8 Å². The Morgan fingerprint density at radius 3 is 2.78 bits per heavy atom. The van der Waals surface area contributed by atoms with Crippen LogP contribution in [0.4, 0.5) is 0 Å². The zero-order chi connectivity index (χ0) is 18.6. The highest BCUT2D eigenvalue weighted by Crippen LogP contribution is 2.51. The Morgan fingerprint density at radius 1 is 1.11 bits per heavy atom. The second kappa shape index (κ2) is 9.02. The van der Waals surface area contributed by atoms with Crippen molar-refractivity contribution in [3.8, 4) is 5.75 Å². The van der Waals surface area contributed by atoms with Crippen molar-refractivity contribution in [1.82, 2.24) is 0 Å². The van der Waals surface area contributed by atoms with Gasteiger partial charge in [0.1, 0.15) is 5.75 Å². The number of hydrogen-bond acceptors (Lipinski definition) is 3. The van der Waals surface area contributed by atoms with Crippen molar-refractivity contribution in [1.29, 1.82) is 0 Å². The van der Waals surface area contributed by atoms with Crippen LogP contribution in [-0.2, 0) is 4.74 Å². The van der Waals surface area contributed by atoms with Gasteiger partial charge in [0.25, 0.3) is 0 Å². The maximum Gasteiger partial charge on any atom is 0.154 e. The fraction of sp³-hybridized carbons (Fsp3) is 0.478. The Balaban J connectivity index is 1.57.